The predicted octanol–water partition coefficient (Wildman–Crippen LogP) is 1.66. The zero-order valence-corrected chi connectivity index (χ0v) is 16.4. The molecule has 1 fully saturated rings. The highest BCUT2D eigenvalue weighted by Gasteiger charge is 2.23. The summed E-state index contributed by atoms with van der Waals surface area (Å²) >= 11 is 0. The number of carbonyl (C=O) groups is 1. The maximum atomic E-state index is 11.8. The summed E-state index contributed by atoms with van der Waals surface area (Å²) in [5.41, 5.74) is -0.458. The Morgan fingerprint density at radius 3 is 2.23 bits per heavy atom. The van der Waals surface area contributed by atoms with Crippen molar-refractivity contribution < 1.29 is 23.7 Å². The first-order valence-electron chi connectivity index (χ1n) is 9.29. The number of rotatable bonds is 11. The van der Waals surface area contributed by atoms with E-state index in [1.54, 1.807) is 0 Å². The summed E-state index contributed by atoms with van der Waals surface area (Å²) in [6.07, 6.45) is 6.60. The second-order valence-corrected chi connectivity index (χ2v) is 7.24. The maximum Gasteiger partial charge on any atom is 0.407 e. The quantitative estimate of drug-likeness (QED) is 0.441. The molecule has 1 aliphatic rings. The van der Waals surface area contributed by atoms with Crippen molar-refractivity contribution in [2.24, 2.45) is 0 Å². The molecule has 1 aliphatic heterocycles. The van der Waals surface area contributed by atoms with E-state index in [0.717, 1.165) is 32.5 Å². The fraction of sp³-hybridized carbons (Fsp3) is 0.842. The number of amides is 1. The largest absolute Gasteiger partial charge is 0.444 e. The number of hydrogen-bond acceptors (Lipinski definition) is 6. The van der Waals surface area contributed by atoms with Gasteiger partial charge in [0, 0.05) is 25.7 Å². The van der Waals surface area contributed by atoms with Gasteiger partial charge in [-0.15, -0.1) is 6.42 Å². The molecule has 0 aromatic carbocycles. The Kier molecular flexibility index (Phi) is 11.3. The summed E-state index contributed by atoms with van der Waals surface area (Å²) in [6, 6.07) is 0.187. The van der Waals surface area contributed by atoms with E-state index >= 15 is 0 Å². The minimum Gasteiger partial charge on any atom is -0.444 e. The van der Waals surface area contributed by atoms with Gasteiger partial charge in [0.1, 0.15) is 12.2 Å². The number of nitrogens with one attached hydrogen (secondary N) is 1. The molecule has 0 spiro atoms. The van der Waals surface area contributed by atoms with E-state index in [0.29, 0.717) is 39.6 Å². The first-order chi connectivity index (χ1) is 12.4. The summed E-state index contributed by atoms with van der Waals surface area (Å²) in [7, 11) is 0. The fourth-order valence-electron chi connectivity index (χ4n) is 2.54. The second kappa shape index (κ2) is 12.9. The number of hydrogen-bond donors (Lipinski definition) is 1. The Morgan fingerprint density at radius 1 is 1.08 bits per heavy atom. The van der Waals surface area contributed by atoms with Crippen LogP contribution in [-0.2, 0) is 18.9 Å². The molecule has 1 rings (SSSR count). The van der Waals surface area contributed by atoms with Crippen LogP contribution in [0.2, 0.25) is 0 Å². The van der Waals surface area contributed by atoms with E-state index in [2.05, 4.69) is 16.1 Å². The average Bonchev–Trinajstić information content (AvgIpc) is 2.56. The molecule has 7 heteroatoms. The van der Waals surface area contributed by atoms with E-state index in [-0.39, 0.29) is 12.1 Å². The third-order valence-corrected chi connectivity index (χ3v) is 3.79. The van der Waals surface area contributed by atoms with E-state index in [4.69, 9.17) is 25.4 Å². The van der Waals surface area contributed by atoms with Crippen molar-refractivity contribution in [3.8, 4) is 12.3 Å². The zero-order valence-electron chi connectivity index (χ0n) is 16.4. The van der Waals surface area contributed by atoms with Gasteiger partial charge >= 0.3 is 6.09 Å². The zero-order chi connectivity index (χ0) is 19.3. The van der Waals surface area contributed by atoms with Crippen LogP contribution in [0.4, 0.5) is 4.79 Å². The van der Waals surface area contributed by atoms with Crippen LogP contribution in [0.3, 0.4) is 0 Å². The van der Waals surface area contributed by atoms with Crippen LogP contribution in [0.1, 0.15) is 33.6 Å². The highest BCUT2D eigenvalue weighted by molar-refractivity contribution is 5.68. The Morgan fingerprint density at radius 2 is 1.65 bits per heavy atom. The molecule has 0 radical (unpaired) electrons. The van der Waals surface area contributed by atoms with Gasteiger partial charge in [0.05, 0.1) is 33.0 Å². The minimum atomic E-state index is -0.458. The number of carbonyl (C=O) groups excluding carboxylic acids is 1. The predicted molar refractivity (Wildman–Crippen MR) is 100 cm³/mol. The number of terminal acetylenes is 1. The lowest BCUT2D eigenvalue weighted by atomic mass is 10.1. The molecule has 150 valence electrons. The topological polar surface area (TPSA) is 69.3 Å². The lowest BCUT2D eigenvalue weighted by Gasteiger charge is -2.32. The van der Waals surface area contributed by atoms with Gasteiger partial charge in [0.2, 0.25) is 0 Å². The molecule has 0 saturated carbocycles. The van der Waals surface area contributed by atoms with E-state index in [1.807, 2.05) is 20.8 Å². The Hall–Kier alpha value is -1.33. The van der Waals surface area contributed by atoms with E-state index in [9.17, 15) is 4.79 Å². The summed E-state index contributed by atoms with van der Waals surface area (Å²) in [4.78, 5) is 14.1. The summed E-state index contributed by atoms with van der Waals surface area (Å²) < 4.78 is 21.4. The summed E-state index contributed by atoms with van der Waals surface area (Å²) in [5, 5.41) is 2.95. The van der Waals surface area contributed by atoms with Crippen LogP contribution in [-0.4, -0.2) is 81.9 Å². The summed E-state index contributed by atoms with van der Waals surface area (Å²) in [6.45, 7) is 11.6. The Balaban J connectivity index is 1.96. The van der Waals surface area contributed by atoms with Crippen molar-refractivity contribution in [2.75, 3.05) is 59.3 Å². The normalized spacial score (nSPS) is 16.2. The Labute approximate surface area is 157 Å². The molecule has 1 N–H and O–H groups in total. The van der Waals surface area contributed by atoms with Gasteiger partial charge in [-0.2, -0.15) is 0 Å². The van der Waals surface area contributed by atoms with Gasteiger partial charge in [-0.05, 0) is 33.6 Å². The molecule has 1 saturated heterocycles. The molecule has 0 atom stereocenters. The third kappa shape index (κ3) is 12.1. The number of alkyl carbamates (subject to hydrolysis) is 1. The highest BCUT2D eigenvalue weighted by atomic mass is 16.6. The monoisotopic (exact) mass is 370 g/mol. The van der Waals surface area contributed by atoms with Gasteiger partial charge in [-0.1, -0.05) is 5.92 Å². The lowest BCUT2D eigenvalue weighted by Crippen LogP contribution is -2.46. The number of ether oxygens (including phenoxy) is 4. The van der Waals surface area contributed by atoms with Crippen LogP contribution in [0.25, 0.3) is 0 Å². The molecule has 0 aromatic rings. The van der Waals surface area contributed by atoms with Gasteiger partial charge in [-0.3, -0.25) is 0 Å². The first-order valence-corrected chi connectivity index (χ1v) is 9.29. The number of likely N-dealkylation sites (tertiary alicyclic amines) is 1. The van der Waals surface area contributed by atoms with Crippen molar-refractivity contribution in [3.05, 3.63) is 0 Å². The fourth-order valence-corrected chi connectivity index (χ4v) is 2.54. The molecule has 0 unspecified atom stereocenters. The average molecular weight is 370 g/mol. The van der Waals surface area contributed by atoms with Gasteiger partial charge < -0.3 is 29.2 Å². The van der Waals surface area contributed by atoms with E-state index in [1.165, 1.54) is 0 Å². The molecule has 0 aromatic heterocycles. The minimum absolute atomic E-state index is 0.187. The third-order valence-electron chi connectivity index (χ3n) is 3.79. The van der Waals surface area contributed by atoms with Gasteiger partial charge in [0.25, 0.3) is 0 Å². The van der Waals surface area contributed by atoms with Crippen molar-refractivity contribution in [1.82, 2.24) is 10.2 Å². The van der Waals surface area contributed by atoms with Crippen molar-refractivity contribution >= 4 is 6.09 Å². The SMILES string of the molecule is C#CCOCCOCCOCCN1CCC(NC(=O)OC(C)(C)C)CC1. The van der Waals surface area contributed by atoms with Crippen LogP contribution < -0.4 is 5.32 Å². The van der Waals surface area contributed by atoms with Crippen molar-refractivity contribution in [3.63, 3.8) is 0 Å². The van der Waals surface area contributed by atoms with Crippen LogP contribution in [0.5, 0.6) is 0 Å². The van der Waals surface area contributed by atoms with Gasteiger partial charge in [0.15, 0.2) is 0 Å². The number of nitrogens with zero attached hydrogens (tertiary/aromatic N) is 1. The maximum absolute atomic E-state index is 11.8. The van der Waals surface area contributed by atoms with Crippen molar-refractivity contribution in [1.29, 1.82) is 0 Å². The molecule has 0 bridgehead atoms. The molecule has 26 heavy (non-hydrogen) atoms. The Bertz CT molecular complexity index is 423. The molecule has 1 amide bonds. The van der Waals surface area contributed by atoms with Crippen LogP contribution in [0.15, 0.2) is 0 Å². The highest BCUT2D eigenvalue weighted by Crippen LogP contribution is 2.12. The number of piperidine rings is 1. The molecular formula is C19H34N2O5. The molecule has 0 aliphatic carbocycles. The smallest absolute Gasteiger partial charge is 0.407 e. The van der Waals surface area contributed by atoms with Crippen LogP contribution >= 0.6 is 0 Å². The second-order valence-electron chi connectivity index (χ2n) is 7.24. The van der Waals surface area contributed by atoms with E-state index < -0.39 is 5.60 Å². The standard InChI is InChI=1S/C19H34N2O5/c1-5-11-23-13-15-25-16-14-24-12-10-21-8-6-17(7-9-21)20-18(22)26-19(2,3)4/h1,17H,6-16H2,2-4H3,(H,20,22). The van der Waals surface area contributed by atoms with Crippen molar-refractivity contribution in [2.45, 2.75) is 45.3 Å². The van der Waals surface area contributed by atoms with Crippen LogP contribution in [0, 0.1) is 12.3 Å². The molecular weight excluding hydrogens is 336 g/mol. The lowest BCUT2D eigenvalue weighted by molar-refractivity contribution is 0.0137. The summed E-state index contributed by atoms with van der Waals surface area (Å²) in [5.74, 6) is 2.40. The first kappa shape index (κ1) is 22.7. The van der Waals surface area contributed by atoms with Gasteiger partial charge in [-0.25, -0.2) is 4.79 Å². The molecule has 7 nitrogen and oxygen atoms in total. The molecule has 1 heterocycles.